The molecule has 3 amide bonds. The first kappa shape index (κ1) is 10.9. The van der Waals surface area contributed by atoms with Crippen molar-refractivity contribution in [2.75, 3.05) is 19.6 Å². The van der Waals surface area contributed by atoms with Crippen LogP contribution in [-0.2, 0) is 14.4 Å². The van der Waals surface area contributed by atoms with Crippen molar-refractivity contribution < 1.29 is 14.4 Å². The van der Waals surface area contributed by atoms with Gasteiger partial charge in [0.2, 0.25) is 17.7 Å². The van der Waals surface area contributed by atoms with Gasteiger partial charge in [-0.1, -0.05) is 0 Å². The van der Waals surface area contributed by atoms with Crippen LogP contribution in [0.2, 0.25) is 0 Å². The van der Waals surface area contributed by atoms with Crippen molar-refractivity contribution >= 4 is 17.7 Å². The van der Waals surface area contributed by atoms with Crippen molar-refractivity contribution in [1.82, 2.24) is 9.80 Å². The van der Waals surface area contributed by atoms with Gasteiger partial charge in [0.05, 0.1) is 6.54 Å². The van der Waals surface area contributed by atoms with Crippen LogP contribution in [0.4, 0.5) is 0 Å². The SMILES string of the molecule is NC(=O)CCN1CC(=O)N2CCCC2C1=O. The minimum atomic E-state index is -0.450. The average Bonchev–Trinajstić information content (AvgIpc) is 2.70. The molecule has 0 aromatic carbocycles. The number of nitrogens with zero attached hydrogens (tertiary/aromatic N) is 2. The Balaban J connectivity index is 2.02. The van der Waals surface area contributed by atoms with Crippen LogP contribution in [0.25, 0.3) is 0 Å². The van der Waals surface area contributed by atoms with E-state index >= 15 is 0 Å². The molecule has 0 aromatic rings. The number of rotatable bonds is 3. The standard InChI is InChI=1S/C10H15N3O3/c11-8(14)3-5-12-6-9(15)13-4-1-2-7(13)10(12)16/h7H,1-6H2,(H2,11,14). The summed E-state index contributed by atoms with van der Waals surface area (Å²) in [6, 6.07) is -0.297. The zero-order valence-electron chi connectivity index (χ0n) is 9.02. The first-order chi connectivity index (χ1) is 7.59. The molecule has 0 aromatic heterocycles. The Kier molecular flexibility index (Phi) is 2.80. The molecular formula is C10H15N3O3. The number of carbonyl (C=O) groups excluding carboxylic acids is 3. The van der Waals surface area contributed by atoms with Crippen molar-refractivity contribution in [2.24, 2.45) is 5.73 Å². The fourth-order valence-electron chi connectivity index (χ4n) is 2.30. The van der Waals surface area contributed by atoms with Crippen molar-refractivity contribution in [3.63, 3.8) is 0 Å². The van der Waals surface area contributed by atoms with Crippen molar-refractivity contribution in [3.8, 4) is 0 Å². The molecule has 88 valence electrons. The minimum Gasteiger partial charge on any atom is -0.370 e. The van der Waals surface area contributed by atoms with Gasteiger partial charge in [-0.3, -0.25) is 14.4 Å². The van der Waals surface area contributed by atoms with Crippen LogP contribution in [0.1, 0.15) is 19.3 Å². The highest BCUT2D eigenvalue weighted by Gasteiger charge is 2.41. The van der Waals surface area contributed by atoms with Gasteiger partial charge < -0.3 is 15.5 Å². The molecule has 1 atom stereocenters. The molecule has 2 N–H and O–H groups in total. The molecule has 2 aliphatic rings. The molecule has 0 bridgehead atoms. The molecule has 2 rings (SSSR count). The molecule has 0 aliphatic carbocycles. The first-order valence-corrected chi connectivity index (χ1v) is 5.46. The summed E-state index contributed by atoms with van der Waals surface area (Å²) in [5.41, 5.74) is 5.02. The lowest BCUT2D eigenvalue weighted by molar-refractivity contribution is -0.153. The Hall–Kier alpha value is -1.59. The summed E-state index contributed by atoms with van der Waals surface area (Å²) in [6.45, 7) is 1.02. The Labute approximate surface area is 93.4 Å². The van der Waals surface area contributed by atoms with E-state index in [9.17, 15) is 14.4 Å². The lowest BCUT2D eigenvalue weighted by Gasteiger charge is -2.36. The fraction of sp³-hybridized carbons (Fsp3) is 0.700. The van der Waals surface area contributed by atoms with E-state index in [1.807, 2.05) is 0 Å². The molecule has 2 heterocycles. The second-order valence-electron chi connectivity index (χ2n) is 4.22. The summed E-state index contributed by atoms with van der Waals surface area (Å²) < 4.78 is 0. The van der Waals surface area contributed by atoms with Crippen LogP contribution in [0.5, 0.6) is 0 Å². The van der Waals surface area contributed by atoms with Gasteiger partial charge in [-0.2, -0.15) is 0 Å². The number of primary amides is 1. The monoisotopic (exact) mass is 225 g/mol. The maximum atomic E-state index is 11.9. The van der Waals surface area contributed by atoms with Crippen molar-refractivity contribution in [1.29, 1.82) is 0 Å². The van der Waals surface area contributed by atoms with E-state index in [0.717, 1.165) is 12.8 Å². The molecular weight excluding hydrogens is 210 g/mol. The summed E-state index contributed by atoms with van der Waals surface area (Å²) >= 11 is 0. The van der Waals surface area contributed by atoms with E-state index in [1.54, 1.807) is 4.90 Å². The van der Waals surface area contributed by atoms with Crippen molar-refractivity contribution in [2.45, 2.75) is 25.3 Å². The van der Waals surface area contributed by atoms with E-state index in [4.69, 9.17) is 5.73 Å². The third-order valence-electron chi connectivity index (χ3n) is 3.12. The van der Waals surface area contributed by atoms with Crippen LogP contribution in [0.15, 0.2) is 0 Å². The van der Waals surface area contributed by atoms with Gasteiger partial charge in [-0.25, -0.2) is 0 Å². The molecule has 6 nitrogen and oxygen atoms in total. The van der Waals surface area contributed by atoms with Gasteiger partial charge in [0, 0.05) is 19.5 Å². The zero-order valence-corrected chi connectivity index (χ0v) is 9.02. The van der Waals surface area contributed by atoms with Crippen molar-refractivity contribution in [3.05, 3.63) is 0 Å². The number of carbonyl (C=O) groups is 3. The summed E-state index contributed by atoms with van der Waals surface area (Å²) in [5, 5.41) is 0. The van der Waals surface area contributed by atoms with E-state index < -0.39 is 5.91 Å². The van der Waals surface area contributed by atoms with Gasteiger partial charge in [-0.15, -0.1) is 0 Å². The third-order valence-corrected chi connectivity index (χ3v) is 3.12. The number of fused-ring (bicyclic) bond motifs is 1. The summed E-state index contributed by atoms with van der Waals surface area (Å²) in [5.74, 6) is -0.515. The first-order valence-electron chi connectivity index (χ1n) is 5.46. The normalized spacial score (nSPS) is 24.9. The van der Waals surface area contributed by atoms with Crippen LogP contribution < -0.4 is 5.73 Å². The Bertz CT molecular complexity index is 342. The molecule has 16 heavy (non-hydrogen) atoms. The highest BCUT2D eigenvalue weighted by Crippen LogP contribution is 2.23. The van der Waals surface area contributed by atoms with Crippen LogP contribution in [-0.4, -0.2) is 53.2 Å². The van der Waals surface area contributed by atoms with E-state index in [0.29, 0.717) is 6.54 Å². The maximum absolute atomic E-state index is 11.9. The molecule has 0 saturated carbocycles. The number of hydrogen-bond acceptors (Lipinski definition) is 3. The van der Waals surface area contributed by atoms with E-state index in [1.165, 1.54) is 4.90 Å². The lowest BCUT2D eigenvalue weighted by Crippen LogP contribution is -2.57. The Morgan fingerprint density at radius 1 is 1.44 bits per heavy atom. The molecule has 1 unspecified atom stereocenters. The average molecular weight is 225 g/mol. The predicted molar refractivity (Wildman–Crippen MR) is 55.1 cm³/mol. The van der Waals surface area contributed by atoms with E-state index in [-0.39, 0.29) is 37.4 Å². The second kappa shape index (κ2) is 4.11. The molecule has 2 saturated heterocycles. The topological polar surface area (TPSA) is 83.7 Å². The predicted octanol–water partition coefficient (Wildman–Crippen LogP) is -1.30. The van der Waals surface area contributed by atoms with Gasteiger partial charge in [0.1, 0.15) is 6.04 Å². The highest BCUT2D eigenvalue weighted by atomic mass is 16.2. The quantitative estimate of drug-likeness (QED) is 0.647. The second-order valence-corrected chi connectivity index (χ2v) is 4.22. The van der Waals surface area contributed by atoms with Gasteiger partial charge in [-0.05, 0) is 12.8 Å². The Morgan fingerprint density at radius 3 is 2.88 bits per heavy atom. The largest absolute Gasteiger partial charge is 0.370 e. The van der Waals surface area contributed by atoms with Gasteiger partial charge in [0.25, 0.3) is 0 Å². The lowest BCUT2D eigenvalue weighted by atomic mass is 10.1. The number of hydrogen-bond donors (Lipinski definition) is 1. The number of nitrogens with two attached hydrogens (primary N) is 1. The maximum Gasteiger partial charge on any atom is 0.245 e. The zero-order chi connectivity index (χ0) is 11.7. The molecule has 0 radical (unpaired) electrons. The number of amides is 3. The molecule has 2 fully saturated rings. The highest BCUT2D eigenvalue weighted by molar-refractivity contribution is 5.95. The Morgan fingerprint density at radius 2 is 2.19 bits per heavy atom. The smallest absolute Gasteiger partial charge is 0.245 e. The molecule has 0 spiro atoms. The summed E-state index contributed by atoms with van der Waals surface area (Å²) in [6.07, 6.45) is 1.73. The van der Waals surface area contributed by atoms with Crippen LogP contribution in [0, 0.1) is 0 Å². The molecule has 2 aliphatic heterocycles. The summed E-state index contributed by atoms with van der Waals surface area (Å²) in [7, 11) is 0. The van der Waals surface area contributed by atoms with Crippen LogP contribution in [0.3, 0.4) is 0 Å². The fourth-order valence-corrected chi connectivity index (χ4v) is 2.30. The third kappa shape index (κ3) is 1.87. The van der Waals surface area contributed by atoms with Crippen LogP contribution >= 0.6 is 0 Å². The van der Waals surface area contributed by atoms with Gasteiger partial charge >= 0.3 is 0 Å². The summed E-state index contributed by atoms with van der Waals surface area (Å²) in [4.78, 5) is 37.4. The van der Waals surface area contributed by atoms with Gasteiger partial charge in [0.15, 0.2) is 0 Å². The molecule has 6 heteroatoms. The number of piperazine rings is 1. The van der Waals surface area contributed by atoms with E-state index in [2.05, 4.69) is 0 Å². The minimum absolute atomic E-state index is 0.0217.